The van der Waals surface area contributed by atoms with E-state index >= 15 is 0 Å². The largest absolute Gasteiger partial charge is 0.480 e. The van der Waals surface area contributed by atoms with Gasteiger partial charge in [0.05, 0.1) is 27.2 Å². The molecule has 0 saturated heterocycles. The molecule has 0 fully saturated rings. The molecule has 0 amide bonds. The van der Waals surface area contributed by atoms with Crippen molar-refractivity contribution < 1.29 is 24.5 Å². The number of carbonyl (C=O) groups excluding carboxylic acids is 1. The summed E-state index contributed by atoms with van der Waals surface area (Å²) in [6.45, 7) is 0. The van der Waals surface area contributed by atoms with Crippen LogP contribution in [-0.4, -0.2) is 42.4 Å². The van der Waals surface area contributed by atoms with E-state index in [9.17, 15) is 29.8 Å². The lowest BCUT2D eigenvalue weighted by Crippen LogP contribution is -2.32. The van der Waals surface area contributed by atoms with E-state index < -0.39 is 39.1 Å². The summed E-state index contributed by atoms with van der Waals surface area (Å²) in [5, 5.41) is 30.5. The molecule has 1 aromatic carbocycles. The van der Waals surface area contributed by atoms with Crippen LogP contribution >= 0.6 is 0 Å². The number of hydrogen-bond donors (Lipinski definition) is 2. The lowest BCUT2D eigenvalue weighted by atomic mass is 10.1. The highest BCUT2D eigenvalue weighted by Gasteiger charge is 2.21. The number of carboxylic acid groups (broad SMARTS) is 1. The van der Waals surface area contributed by atoms with Crippen LogP contribution in [-0.2, 0) is 11.2 Å². The number of nitrogens with two attached hydrogens (primary N) is 1. The molecule has 25 heavy (non-hydrogen) atoms. The predicted molar refractivity (Wildman–Crippen MR) is 81.0 cm³/mol. The average molecular weight is 349 g/mol. The van der Waals surface area contributed by atoms with E-state index in [1.807, 2.05) is 0 Å². The third kappa shape index (κ3) is 4.00. The molecule has 12 heteroatoms. The number of carbonyl (C=O) groups is 2. The Kier molecular flexibility index (Phi) is 4.84. The summed E-state index contributed by atoms with van der Waals surface area (Å²) in [6, 6.07) is 1.33. The van der Waals surface area contributed by atoms with Crippen LogP contribution in [0.2, 0.25) is 0 Å². The fourth-order valence-electron chi connectivity index (χ4n) is 1.97. The number of imidazole rings is 1. The maximum atomic E-state index is 12.4. The zero-order valence-electron chi connectivity index (χ0n) is 12.4. The Hall–Kier alpha value is -3.67. The van der Waals surface area contributed by atoms with Crippen LogP contribution in [0.3, 0.4) is 0 Å². The summed E-state index contributed by atoms with van der Waals surface area (Å²) in [5.41, 5.74) is 4.08. The van der Waals surface area contributed by atoms with Gasteiger partial charge in [-0.05, 0) is 0 Å². The standard InChI is InChI=1S/C13H11N5O7/c14-11(13(20)21)3-8-5-16(6-15-8)12(19)7-1-9(17(22)23)4-10(2-7)18(24)25/h1-2,4-6,11H,3,14H2,(H,20,21)/t11-/m0/s1. The van der Waals surface area contributed by atoms with Gasteiger partial charge in [0.15, 0.2) is 0 Å². The van der Waals surface area contributed by atoms with Crippen molar-refractivity contribution >= 4 is 23.3 Å². The molecule has 2 aromatic rings. The van der Waals surface area contributed by atoms with Crippen molar-refractivity contribution in [2.45, 2.75) is 12.5 Å². The molecule has 1 aromatic heterocycles. The second-order valence-corrected chi connectivity index (χ2v) is 4.98. The highest BCUT2D eigenvalue weighted by Crippen LogP contribution is 2.23. The van der Waals surface area contributed by atoms with Gasteiger partial charge < -0.3 is 10.8 Å². The summed E-state index contributed by atoms with van der Waals surface area (Å²) in [7, 11) is 0. The zero-order valence-corrected chi connectivity index (χ0v) is 12.4. The Bertz CT molecular complexity index is 843. The first-order valence-electron chi connectivity index (χ1n) is 6.69. The fraction of sp³-hybridized carbons (Fsp3) is 0.154. The third-order valence-corrected chi connectivity index (χ3v) is 3.19. The molecule has 0 bridgehead atoms. The molecule has 0 aliphatic rings. The van der Waals surface area contributed by atoms with Crippen molar-refractivity contribution in [3.05, 3.63) is 62.2 Å². The average Bonchev–Trinajstić information content (AvgIpc) is 3.01. The molecule has 12 nitrogen and oxygen atoms in total. The minimum atomic E-state index is -1.24. The van der Waals surface area contributed by atoms with E-state index in [4.69, 9.17) is 10.8 Å². The van der Waals surface area contributed by atoms with Crippen molar-refractivity contribution in [3.8, 4) is 0 Å². The molecule has 0 radical (unpaired) electrons. The minimum Gasteiger partial charge on any atom is -0.480 e. The fourth-order valence-corrected chi connectivity index (χ4v) is 1.97. The number of aliphatic carboxylic acids is 1. The van der Waals surface area contributed by atoms with Crippen LogP contribution in [0.15, 0.2) is 30.7 Å². The predicted octanol–water partition coefficient (Wildman–Crippen LogP) is 0.342. The van der Waals surface area contributed by atoms with Gasteiger partial charge in [0, 0.05) is 24.8 Å². The van der Waals surface area contributed by atoms with Crippen LogP contribution in [0.25, 0.3) is 0 Å². The molecule has 2 rings (SSSR count). The number of benzene rings is 1. The van der Waals surface area contributed by atoms with Gasteiger partial charge in [-0.15, -0.1) is 0 Å². The van der Waals surface area contributed by atoms with Crippen molar-refractivity contribution in [3.63, 3.8) is 0 Å². The number of rotatable bonds is 6. The van der Waals surface area contributed by atoms with Gasteiger partial charge in [0.2, 0.25) is 0 Å². The number of aromatic nitrogens is 2. The number of carboxylic acids is 1. The molecule has 0 saturated carbocycles. The molecular weight excluding hydrogens is 338 g/mol. The SMILES string of the molecule is N[C@@H](Cc1cn(C(=O)c2cc([N+](=O)[O-])cc([N+](=O)[O-])c2)cn1)C(=O)O. The number of nitro groups is 2. The molecule has 0 spiro atoms. The number of non-ortho nitro benzene ring substituents is 2. The first kappa shape index (κ1) is 17.7. The quantitative estimate of drug-likeness (QED) is 0.548. The van der Waals surface area contributed by atoms with Crippen LogP contribution in [0.5, 0.6) is 0 Å². The number of hydrogen-bond acceptors (Lipinski definition) is 8. The third-order valence-electron chi connectivity index (χ3n) is 3.19. The second kappa shape index (κ2) is 6.84. The van der Waals surface area contributed by atoms with Gasteiger partial charge in [0.1, 0.15) is 12.4 Å². The highest BCUT2D eigenvalue weighted by molar-refractivity contribution is 5.97. The Morgan fingerprint density at radius 1 is 1.20 bits per heavy atom. The molecule has 0 aliphatic heterocycles. The second-order valence-electron chi connectivity index (χ2n) is 4.98. The summed E-state index contributed by atoms with van der Waals surface area (Å²) < 4.78 is 0.937. The first-order chi connectivity index (χ1) is 11.7. The molecule has 1 atom stereocenters. The number of nitro benzene ring substituents is 2. The van der Waals surface area contributed by atoms with Gasteiger partial charge in [-0.1, -0.05) is 0 Å². The van der Waals surface area contributed by atoms with E-state index in [1.165, 1.54) is 6.20 Å². The molecular formula is C13H11N5O7. The molecule has 130 valence electrons. The summed E-state index contributed by atoms with van der Waals surface area (Å²) in [6.07, 6.45) is 2.14. The Morgan fingerprint density at radius 2 is 1.76 bits per heavy atom. The normalized spacial score (nSPS) is 11.7. The topological polar surface area (TPSA) is 184 Å². The molecule has 0 aliphatic carbocycles. The highest BCUT2D eigenvalue weighted by atomic mass is 16.6. The van der Waals surface area contributed by atoms with E-state index in [0.29, 0.717) is 0 Å². The van der Waals surface area contributed by atoms with Gasteiger partial charge in [-0.2, -0.15) is 0 Å². The van der Waals surface area contributed by atoms with Gasteiger partial charge >= 0.3 is 5.97 Å². The maximum absolute atomic E-state index is 12.4. The Labute approximate surface area is 138 Å². The van der Waals surface area contributed by atoms with Crippen LogP contribution in [0.4, 0.5) is 11.4 Å². The first-order valence-corrected chi connectivity index (χ1v) is 6.69. The number of nitrogens with zero attached hydrogens (tertiary/aromatic N) is 4. The smallest absolute Gasteiger partial charge is 0.320 e. The monoisotopic (exact) mass is 349 g/mol. The lowest BCUT2D eigenvalue weighted by molar-refractivity contribution is -0.394. The van der Waals surface area contributed by atoms with Crippen molar-refractivity contribution in [1.82, 2.24) is 9.55 Å². The van der Waals surface area contributed by atoms with Gasteiger partial charge in [-0.3, -0.25) is 34.4 Å². The van der Waals surface area contributed by atoms with Crippen molar-refractivity contribution in [2.24, 2.45) is 5.73 Å². The van der Waals surface area contributed by atoms with Gasteiger partial charge in [0.25, 0.3) is 17.3 Å². The van der Waals surface area contributed by atoms with E-state index in [1.54, 1.807) is 0 Å². The van der Waals surface area contributed by atoms with Crippen molar-refractivity contribution in [2.75, 3.05) is 0 Å². The molecule has 3 N–H and O–H groups in total. The zero-order chi connectivity index (χ0) is 18.7. The van der Waals surface area contributed by atoms with E-state index in [0.717, 1.165) is 29.1 Å². The summed E-state index contributed by atoms with van der Waals surface area (Å²) in [5.74, 6) is -2.04. The summed E-state index contributed by atoms with van der Waals surface area (Å²) in [4.78, 5) is 46.9. The Balaban J connectivity index is 2.34. The van der Waals surface area contributed by atoms with Crippen LogP contribution in [0.1, 0.15) is 16.1 Å². The van der Waals surface area contributed by atoms with Gasteiger partial charge in [-0.25, -0.2) is 4.98 Å². The van der Waals surface area contributed by atoms with Crippen molar-refractivity contribution in [1.29, 1.82) is 0 Å². The Morgan fingerprint density at radius 3 is 2.24 bits per heavy atom. The van der Waals surface area contributed by atoms with Crippen LogP contribution in [0, 0.1) is 20.2 Å². The maximum Gasteiger partial charge on any atom is 0.320 e. The van der Waals surface area contributed by atoms with Crippen LogP contribution < -0.4 is 5.73 Å². The summed E-state index contributed by atoms with van der Waals surface area (Å²) >= 11 is 0. The minimum absolute atomic E-state index is 0.134. The van der Waals surface area contributed by atoms with E-state index in [-0.39, 0.29) is 17.7 Å². The lowest BCUT2D eigenvalue weighted by Gasteiger charge is -2.03. The van der Waals surface area contributed by atoms with E-state index in [2.05, 4.69) is 4.98 Å². The molecule has 0 unspecified atom stereocenters. The molecule has 1 heterocycles.